The molecule has 0 radical (unpaired) electrons. The summed E-state index contributed by atoms with van der Waals surface area (Å²) in [6.07, 6.45) is 3.03. The van der Waals surface area contributed by atoms with Crippen molar-refractivity contribution in [1.29, 1.82) is 0 Å². The van der Waals surface area contributed by atoms with E-state index in [1.807, 2.05) is 0 Å². The Balaban J connectivity index is 1.86. The van der Waals surface area contributed by atoms with Crippen molar-refractivity contribution in [2.75, 3.05) is 0 Å². The van der Waals surface area contributed by atoms with Crippen LogP contribution in [0.25, 0.3) is 11.3 Å². The van der Waals surface area contributed by atoms with Crippen molar-refractivity contribution in [3.05, 3.63) is 35.5 Å². The lowest BCUT2D eigenvalue weighted by atomic mass is 10.1. The Morgan fingerprint density at radius 2 is 2.00 bits per heavy atom. The van der Waals surface area contributed by atoms with Crippen LogP contribution in [0, 0.1) is 5.92 Å². The van der Waals surface area contributed by atoms with E-state index in [0.717, 1.165) is 17.5 Å². The summed E-state index contributed by atoms with van der Waals surface area (Å²) >= 11 is 6.03. The largest absolute Gasteiger partial charge is 0.244 e. The van der Waals surface area contributed by atoms with Crippen molar-refractivity contribution in [2.45, 2.75) is 25.2 Å². The molecule has 20 heavy (non-hydrogen) atoms. The summed E-state index contributed by atoms with van der Waals surface area (Å²) < 4.78 is 24.8. The predicted molar refractivity (Wildman–Crippen MR) is 69.5 cm³/mol. The van der Waals surface area contributed by atoms with Crippen LogP contribution in [0.2, 0.25) is 5.15 Å². The van der Waals surface area contributed by atoms with Gasteiger partial charge in [-0.3, -0.25) is 0 Å². The van der Waals surface area contributed by atoms with Crippen LogP contribution >= 0.6 is 11.6 Å². The summed E-state index contributed by atoms with van der Waals surface area (Å²) in [6, 6.07) is 1.80. The van der Waals surface area contributed by atoms with Gasteiger partial charge in [-0.2, -0.15) is 0 Å². The zero-order valence-electron chi connectivity index (χ0n) is 10.4. The van der Waals surface area contributed by atoms with E-state index < -0.39 is 6.43 Å². The van der Waals surface area contributed by atoms with Gasteiger partial charge in [0.2, 0.25) is 6.43 Å². The summed E-state index contributed by atoms with van der Waals surface area (Å²) in [4.78, 5) is 7.83. The van der Waals surface area contributed by atoms with Gasteiger partial charge in [0.25, 0.3) is 0 Å². The fourth-order valence-electron chi connectivity index (χ4n) is 2.34. The highest BCUT2D eigenvalue weighted by Crippen LogP contribution is 2.52. The lowest BCUT2D eigenvalue weighted by Gasteiger charge is -2.05. The molecule has 0 bridgehead atoms. The van der Waals surface area contributed by atoms with E-state index in [1.54, 1.807) is 18.5 Å². The Labute approximate surface area is 119 Å². The van der Waals surface area contributed by atoms with Gasteiger partial charge in [-0.25, -0.2) is 18.7 Å². The first kappa shape index (κ1) is 13.3. The molecule has 104 valence electrons. The average Bonchev–Trinajstić information content (AvgIpc) is 3.18. The second-order valence-electron chi connectivity index (χ2n) is 4.83. The van der Waals surface area contributed by atoms with Crippen LogP contribution in [0.3, 0.4) is 0 Å². The van der Waals surface area contributed by atoms with Crippen LogP contribution in [-0.4, -0.2) is 26.6 Å². The van der Waals surface area contributed by atoms with Gasteiger partial charge in [0.05, 0.1) is 5.69 Å². The minimum Gasteiger partial charge on any atom is -0.244 e. The molecule has 3 rings (SSSR count). The van der Waals surface area contributed by atoms with Crippen molar-refractivity contribution < 1.29 is 8.78 Å². The molecular weight excluding hydrogens is 286 g/mol. The SMILES string of the molecule is FC(F)C[C@@H]1C[C@H]1c1cc(-c2cncnc2)nnc1Cl. The summed E-state index contributed by atoms with van der Waals surface area (Å²) in [7, 11) is 0. The molecule has 1 fully saturated rings. The molecule has 0 aliphatic heterocycles. The second-order valence-corrected chi connectivity index (χ2v) is 5.19. The number of alkyl halides is 2. The van der Waals surface area contributed by atoms with Crippen molar-refractivity contribution in [2.24, 2.45) is 5.92 Å². The lowest BCUT2D eigenvalue weighted by molar-refractivity contribution is 0.129. The molecular formula is C13H11ClF2N4. The lowest BCUT2D eigenvalue weighted by Crippen LogP contribution is -1.97. The maximum Gasteiger partial charge on any atom is 0.238 e. The van der Waals surface area contributed by atoms with E-state index in [4.69, 9.17) is 11.6 Å². The number of halogens is 3. The molecule has 0 saturated heterocycles. The third-order valence-electron chi connectivity index (χ3n) is 3.44. The van der Waals surface area contributed by atoms with E-state index >= 15 is 0 Å². The quantitative estimate of drug-likeness (QED) is 0.868. The third-order valence-corrected chi connectivity index (χ3v) is 3.73. The van der Waals surface area contributed by atoms with Crippen LogP contribution in [0.4, 0.5) is 8.78 Å². The van der Waals surface area contributed by atoms with Gasteiger partial charge in [-0.1, -0.05) is 11.6 Å². The van der Waals surface area contributed by atoms with Gasteiger partial charge in [-0.15, -0.1) is 10.2 Å². The number of hydrogen-bond acceptors (Lipinski definition) is 4. The van der Waals surface area contributed by atoms with Gasteiger partial charge < -0.3 is 0 Å². The second kappa shape index (κ2) is 5.36. The molecule has 1 aliphatic rings. The molecule has 1 aliphatic carbocycles. The summed E-state index contributed by atoms with van der Waals surface area (Å²) in [5.41, 5.74) is 2.11. The fourth-order valence-corrected chi connectivity index (χ4v) is 2.57. The van der Waals surface area contributed by atoms with Crippen LogP contribution in [-0.2, 0) is 0 Å². The normalized spacial score (nSPS) is 21.2. The number of aromatic nitrogens is 4. The van der Waals surface area contributed by atoms with Gasteiger partial charge in [0.15, 0.2) is 5.15 Å². The highest BCUT2D eigenvalue weighted by Gasteiger charge is 2.41. The van der Waals surface area contributed by atoms with Crippen LogP contribution < -0.4 is 0 Å². The Kier molecular flexibility index (Phi) is 3.56. The maximum atomic E-state index is 12.4. The van der Waals surface area contributed by atoms with E-state index in [2.05, 4.69) is 20.2 Å². The first-order valence-electron chi connectivity index (χ1n) is 6.22. The third kappa shape index (κ3) is 2.75. The van der Waals surface area contributed by atoms with Crippen molar-refractivity contribution >= 4 is 11.6 Å². The van der Waals surface area contributed by atoms with E-state index in [1.165, 1.54) is 6.33 Å². The molecule has 7 heteroatoms. The summed E-state index contributed by atoms with van der Waals surface area (Å²) in [6.45, 7) is 0. The predicted octanol–water partition coefficient (Wildman–Crippen LogP) is 3.35. The zero-order valence-corrected chi connectivity index (χ0v) is 11.1. The molecule has 0 amide bonds. The van der Waals surface area contributed by atoms with Crippen LogP contribution in [0.15, 0.2) is 24.8 Å². The number of rotatable bonds is 4. The van der Waals surface area contributed by atoms with E-state index in [9.17, 15) is 8.78 Å². The first-order valence-corrected chi connectivity index (χ1v) is 6.59. The highest BCUT2D eigenvalue weighted by atomic mass is 35.5. The van der Waals surface area contributed by atoms with Gasteiger partial charge >= 0.3 is 0 Å². The number of nitrogens with zero attached hydrogens (tertiary/aromatic N) is 4. The molecule has 1 saturated carbocycles. The highest BCUT2D eigenvalue weighted by molar-refractivity contribution is 6.30. The molecule has 0 spiro atoms. The minimum absolute atomic E-state index is 0.0171. The van der Waals surface area contributed by atoms with Gasteiger partial charge in [-0.05, 0) is 29.9 Å². The Bertz CT molecular complexity index is 609. The van der Waals surface area contributed by atoms with Gasteiger partial charge in [0, 0.05) is 24.4 Å². The monoisotopic (exact) mass is 296 g/mol. The molecule has 2 atom stereocenters. The van der Waals surface area contributed by atoms with Crippen LogP contribution in [0.1, 0.15) is 24.3 Å². The number of hydrogen-bond donors (Lipinski definition) is 0. The van der Waals surface area contributed by atoms with Crippen LogP contribution in [0.5, 0.6) is 0 Å². The van der Waals surface area contributed by atoms with Crippen molar-refractivity contribution in [1.82, 2.24) is 20.2 Å². The zero-order chi connectivity index (χ0) is 14.1. The van der Waals surface area contributed by atoms with E-state index in [-0.39, 0.29) is 23.4 Å². The smallest absolute Gasteiger partial charge is 0.238 e. The molecule has 2 aromatic rings. The average molecular weight is 297 g/mol. The summed E-state index contributed by atoms with van der Waals surface area (Å²) in [5, 5.41) is 8.18. The molecule has 0 unspecified atom stereocenters. The molecule has 4 nitrogen and oxygen atoms in total. The topological polar surface area (TPSA) is 51.6 Å². The molecule has 2 heterocycles. The Morgan fingerprint density at radius 1 is 1.25 bits per heavy atom. The Morgan fingerprint density at radius 3 is 2.70 bits per heavy atom. The first-order chi connectivity index (χ1) is 9.65. The van der Waals surface area contributed by atoms with Gasteiger partial charge in [0.1, 0.15) is 6.33 Å². The van der Waals surface area contributed by atoms with E-state index in [0.29, 0.717) is 5.69 Å². The molecule has 2 aromatic heterocycles. The van der Waals surface area contributed by atoms with Crippen molar-refractivity contribution in [3.8, 4) is 11.3 Å². The van der Waals surface area contributed by atoms with Crippen molar-refractivity contribution in [3.63, 3.8) is 0 Å². The fraction of sp³-hybridized carbons (Fsp3) is 0.385. The standard InChI is InChI=1S/C13H11ClF2N4/c14-13-10(9-1-7(9)2-12(15)16)3-11(19-20-13)8-4-17-6-18-5-8/h3-7,9,12H,1-2H2/t7-,9+/m0/s1. The Hall–Kier alpha value is -1.69. The summed E-state index contributed by atoms with van der Waals surface area (Å²) in [5.74, 6) is 0.0342. The maximum absolute atomic E-state index is 12.4. The molecule has 0 N–H and O–H groups in total. The molecule has 0 aromatic carbocycles. The minimum atomic E-state index is -2.28.